The molecule has 5 rings (SSSR count). The van der Waals surface area contributed by atoms with Crippen LogP contribution in [0.25, 0.3) is 23.0 Å². The van der Waals surface area contributed by atoms with Gasteiger partial charge < -0.3 is 14.0 Å². The molecule has 1 aliphatic heterocycles. The summed E-state index contributed by atoms with van der Waals surface area (Å²) < 4.78 is 17.8. The van der Waals surface area contributed by atoms with Crippen molar-refractivity contribution in [1.82, 2.24) is 25.1 Å². The van der Waals surface area contributed by atoms with Gasteiger partial charge in [-0.1, -0.05) is 40.7 Å². The summed E-state index contributed by atoms with van der Waals surface area (Å²) in [7, 11) is 0. The molecule has 0 unspecified atom stereocenters. The van der Waals surface area contributed by atoms with Gasteiger partial charge in [0, 0.05) is 5.56 Å². The minimum Gasteiger partial charge on any atom is -0.454 e. The zero-order valence-corrected chi connectivity index (χ0v) is 13.6. The van der Waals surface area contributed by atoms with Crippen molar-refractivity contribution in [2.75, 3.05) is 6.79 Å². The molecular weight excluding hydrogens is 334 g/mol. The highest BCUT2D eigenvalue weighted by Gasteiger charge is 2.18. The molecule has 2 aromatic carbocycles. The largest absolute Gasteiger partial charge is 0.454 e. The van der Waals surface area contributed by atoms with E-state index in [-0.39, 0.29) is 6.79 Å². The maximum atomic E-state index is 5.37. The predicted octanol–water partition coefficient (Wildman–Crippen LogP) is 2.77. The quantitative estimate of drug-likeness (QED) is 0.561. The SMILES string of the molecule is c1ccc(Cn2cc(-c3noc(-c4ccc5c(c4)OCO5)n3)nn2)cc1. The highest BCUT2D eigenvalue weighted by atomic mass is 16.7. The second-order valence-electron chi connectivity index (χ2n) is 5.78. The van der Waals surface area contributed by atoms with E-state index in [0.29, 0.717) is 35.5 Å². The van der Waals surface area contributed by atoms with Gasteiger partial charge >= 0.3 is 0 Å². The number of ether oxygens (including phenoxy) is 2. The molecule has 0 amide bonds. The summed E-state index contributed by atoms with van der Waals surface area (Å²) in [5.41, 5.74) is 2.44. The summed E-state index contributed by atoms with van der Waals surface area (Å²) in [5.74, 6) is 2.14. The Kier molecular flexibility index (Phi) is 3.38. The third-order valence-electron chi connectivity index (χ3n) is 4.00. The molecule has 1 aliphatic rings. The van der Waals surface area contributed by atoms with Gasteiger partial charge in [0.25, 0.3) is 5.89 Å². The van der Waals surface area contributed by atoms with Gasteiger partial charge in [0.05, 0.1) is 12.7 Å². The molecule has 0 fully saturated rings. The van der Waals surface area contributed by atoms with Crippen LogP contribution < -0.4 is 9.47 Å². The molecule has 4 aromatic rings. The van der Waals surface area contributed by atoms with E-state index in [0.717, 1.165) is 11.1 Å². The molecule has 0 bridgehead atoms. The number of hydrogen-bond donors (Lipinski definition) is 0. The molecule has 26 heavy (non-hydrogen) atoms. The molecule has 128 valence electrons. The van der Waals surface area contributed by atoms with Crippen molar-refractivity contribution in [2.45, 2.75) is 6.54 Å². The van der Waals surface area contributed by atoms with Crippen LogP contribution in [0.5, 0.6) is 11.5 Å². The average Bonchev–Trinajstić information content (AvgIpc) is 3.42. The molecule has 8 heteroatoms. The summed E-state index contributed by atoms with van der Waals surface area (Å²) in [6.07, 6.45) is 1.79. The van der Waals surface area contributed by atoms with Crippen LogP contribution >= 0.6 is 0 Å². The van der Waals surface area contributed by atoms with Gasteiger partial charge in [0.15, 0.2) is 17.2 Å². The van der Waals surface area contributed by atoms with E-state index in [1.807, 2.05) is 48.5 Å². The molecule has 0 radical (unpaired) electrons. The zero-order valence-electron chi connectivity index (χ0n) is 13.6. The second kappa shape index (κ2) is 5.99. The Balaban J connectivity index is 1.39. The highest BCUT2D eigenvalue weighted by molar-refractivity contribution is 5.62. The Morgan fingerprint density at radius 1 is 1.00 bits per heavy atom. The first kappa shape index (κ1) is 14.6. The summed E-state index contributed by atoms with van der Waals surface area (Å²) >= 11 is 0. The van der Waals surface area contributed by atoms with Crippen molar-refractivity contribution in [3.8, 4) is 34.5 Å². The summed E-state index contributed by atoms with van der Waals surface area (Å²) in [5, 5.41) is 12.3. The molecule has 0 saturated heterocycles. The Labute approximate surface area is 148 Å². The van der Waals surface area contributed by atoms with E-state index in [9.17, 15) is 0 Å². The van der Waals surface area contributed by atoms with Crippen molar-refractivity contribution < 1.29 is 14.0 Å². The van der Waals surface area contributed by atoms with Crippen molar-refractivity contribution >= 4 is 0 Å². The molecule has 0 saturated carbocycles. The summed E-state index contributed by atoms with van der Waals surface area (Å²) in [4.78, 5) is 4.41. The molecule has 2 aromatic heterocycles. The lowest BCUT2D eigenvalue weighted by molar-refractivity contribution is 0.174. The second-order valence-corrected chi connectivity index (χ2v) is 5.78. The molecule has 0 N–H and O–H groups in total. The first-order valence-corrected chi connectivity index (χ1v) is 8.03. The Morgan fingerprint density at radius 2 is 1.88 bits per heavy atom. The fourth-order valence-corrected chi connectivity index (χ4v) is 2.72. The highest BCUT2D eigenvalue weighted by Crippen LogP contribution is 2.35. The lowest BCUT2D eigenvalue weighted by Gasteiger charge is -1.98. The molecule has 3 heterocycles. The number of nitrogens with zero attached hydrogens (tertiary/aromatic N) is 5. The van der Waals surface area contributed by atoms with Crippen LogP contribution in [0.15, 0.2) is 59.3 Å². The zero-order chi connectivity index (χ0) is 17.3. The minimum atomic E-state index is 0.221. The number of fused-ring (bicyclic) bond motifs is 1. The van der Waals surface area contributed by atoms with Crippen molar-refractivity contribution in [1.29, 1.82) is 0 Å². The van der Waals surface area contributed by atoms with E-state index in [1.54, 1.807) is 10.9 Å². The molecule has 0 spiro atoms. The Hall–Kier alpha value is -3.68. The van der Waals surface area contributed by atoms with E-state index in [2.05, 4.69) is 20.5 Å². The summed E-state index contributed by atoms with van der Waals surface area (Å²) in [6, 6.07) is 15.5. The predicted molar refractivity (Wildman–Crippen MR) is 90.4 cm³/mol. The smallest absolute Gasteiger partial charge is 0.258 e. The van der Waals surface area contributed by atoms with Crippen LogP contribution in [0.1, 0.15) is 5.56 Å². The van der Waals surface area contributed by atoms with Gasteiger partial charge in [-0.05, 0) is 23.8 Å². The van der Waals surface area contributed by atoms with Crippen LogP contribution in [-0.2, 0) is 6.54 Å². The van der Waals surface area contributed by atoms with E-state index in [1.165, 1.54) is 0 Å². The first-order valence-electron chi connectivity index (χ1n) is 8.03. The van der Waals surface area contributed by atoms with E-state index >= 15 is 0 Å². The minimum absolute atomic E-state index is 0.221. The number of aromatic nitrogens is 5. The molecular formula is C18H13N5O3. The van der Waals surface area contributed by atoms with Crippen LogP contribution in [0.3, 0.4) is 0 Å². The monoisotopic (exact) mass is 347 g/mol. The van der Waals surface area contributed by atoms with Crippen molar-refractivity contribution in [3.05, 3.63) is 60.3 Å². The Bertz CT molecular complexity index is 1060. The van der Waals surface area contributed by atoms with Gasteiger partial charge in [0.2, 0.25) is 12.6 Å². The fraction of sp³-hybridized carbons (Fsp3) is 0.111. The molecule has 0 atom stereocenters. The van der Waals surface area contributed by atoms with E-state index in [4.69, 9.17) is 14.0 Å². The lowest BCUT2D eigenvalue weighted by Crippen LogP contribution is -1.99. The van der Waals surface area contributed by atoms with Crippen LogP contribution in [-0.4, -0.2) is 31.9 Å². The fourth-order valence-electron chi connectivity index (χ4n) is 2.72. The molecule has 8 nitrogen and oxygen atoms in total. The number of rotatable bonds is 4. The first-order chi connectivity index (χ1) is 12.8. The van der Waals surface area contributed by atoms with Crippen molar-refractivity contribution in [2.24, 2.45) is 0 Å². The number of benzene rings is 2. The van der Waals surface area contributed by atoms with Gasteiger partial charge in [-0.25, -0.2) is 4.68 Å². The van der Waals surface area contributed by atoms with Gasteiger partial charge in [0.1, 0.15) is 0 Å². The van der Waals surface area contributed by atoms with Gasteiger partial charge in [-0.15, -0.1) is 5.10 Å². The van der Waals surface area contributed by atoms with Crippen LogP contribution in [0, 0.1) is 0 Å². The number of hydrogen-bond acceptors (Lipinski definition) is 7. The average molecular weight is 347 g/mol. The van der Waals surface area contributed by atoms with Crippen molar-refractivity contribution in [3.63, 3.8) is 0 Å². The third kappa shape index (κ3) is 2.67. The maximum Gasteiger partial charge on any atom is 0.258 e. The molecule has 0 aliphatic carbocycles. The lowest BCUT2D eigenvalue weighted by atomic mass is 10.2. The Morgan fingerprint density at radius 3 is 2.81 bits per heavy atom. The van der Waals surface area contributed by atoms with Gasteiger partial charge in [-0.2, -0.15) is 4.98 Å². The normalized spacial score (nSPS) is 12.5. The van der Waals surface area contributed by atoms with E-state index < -0.39 is 0 Å². The summed E-state index contributed by atoms with van der Waals surface area (Å²) in [6.45, 7) is 0.846. The van der Waals surface area contributed by atoms with Crippen LogP contribution in [0.2, 0.25) is 0 Å². The maximum absolute atomic E-state index is 5.37. The van der Waals surface area contributed by atoms with Crippen LogP contribution in [0.4, 0.5) is 0 Å². The standard InChI is InChI=1S/C18H13N5O3/c1-2-4-12(5-3-1)9-23-10-14(20-22-23)17-19-18(26-21-17)13-6-7-15-16(8-13)25-11-24-15/h1-8,10H,9,11H2. The topological polar surface area (TPSA) is 88.1 Å². The van der Waals surface area contributed by atoms with Gasteiger partial charge in [-0.3, -0.25) is 0 Å². The third-order valence-corrected chi connectivity index (χ3v) is 4.00.